The Morgan fingerprint density at radius 2 is 1.82 bits per heavy atom. The minimum absolute atomic E-state index is 0.617. The van der Waals surface area contributed by atoms with E-state index < -0.39 is 0 Å². The first-order valence-electron chi connectivity index (χ1n) is 6.59. The smallest absolute Gasteiger partial charge is 0.161 e. The highest BCUT2D eigenvalue weighted by Crippen LogP contribution is 2.35. The van der Waals surface area contributed by atoms with Crippen LogP contribution in [0.5, 0.6) is 11.5 Å². The number of halogens is 2. The van der Waals surface area contributed by atoms with Crippen molar-refractivity contribution in [3.63, 3.8) is 0 Å². The maximum atomic E-state index is 6.29. The minimum Gasteiger partial charge on any atom is -0.493 e. The van der Waals surface area contributed by atoms with Gasteiger partial charge in [-0.15, -0.1) is 0 Å². The number of rotatable bonds is 3. The molecule has 0 aliphatic rings. The molecule has 114 valence electrons. The molecule has 6 heteroatoms. The zero-order valence-electron chi connectivity index (χ0n) is 12.4. The molecular formula is C16H14BrClN2O2. The van der Waals surface area contributed by atoms with Gasteiger partial charge in [-0.25, -0.2) is 4.98 Å². The molecule has 0 bridgehead atoms. The largest absolute Gasteiger partial charge is 0.493 e. The summed E-state index contributed by atoms with van der Waals surface area (Å²) in [6.45, 7) is 0. The van der Waals surface area contributed by atoms with Crippen molar-refractivity contribution in [1.82, 2.24) is 9.55 Å². The third-order valence-corrected chi connectivity index (χ3v) is 4.29. The van der Waals surface area contributed by atoms with E-state index in [1.54, 1.807) is 14.2 Å². The van der Waals surface area contributed by atoms with Crippen molar-refractivity contribution in [1.29, 1.82) is 0 Å². The number of ether oxygens (including phenoxy) is 2. The summed E-state index contributed by atoms with van der Waals surface area (Å²) in [5.74, 6) is 2.17. The molecule has 0 radical (unpaired) electrons. The lowest BCUT2D eigenvalue weighted by Crippen LogP contribution is -1.95. The Hall–Kier alpha value is -1.72. The standard InChI is InChI=1S/C16H14BrClN2O2/c1-20-12-8-10(17)7-11(18)15(12)19-16(20)9-4-5-13(21-2)14(6-9)22-3/h4-8H,1-3H3. The predicted octanol–water partition coefficient (Wildman–Crippen LogP) is 4.67. The van der Waals surface area contributed by atoms with E-state index in [0.717, 1.165) is 26.9 Å². The van der Waals surface area contributed by atoms with E-state index in [2.05, 4.69) is 20.9 Å². The fourth-order valence-corrected chi connectivity index (χ4v) is 3.28. The first-order chi connectivity index (χ1) is 10.5. The third-order valence-electron chi connectivity index (χ3n) is 3.55. The summed E-state index contributed by atoms with van der Waals surface area (Å²) in [5, 5.41) is 0.617. The van der Waals surface area contributed by atoms with Gasteiger partial charge < -0.3 is 14.0 Å². The van der Waals surface area contributed by atoms with Gasteiger partial charge in [-0.2, -0.15) is 0 Å². The topological polar surface area (TPSA) is 36.3 Å². The second-order valence-corrected chi connectivity index (χ2v) is 6.14. The average molecular weight is 382 g/mol. The van der Waals surface area contributed by atoms with Gasteiger partial charge in [0.25, 0.3) is 0 Å². The molecule has 2 aromatic carbocycles. The van der Waals surface area contributed by atoms with Gasteiger partial charge in [0.2, 0.25) is 0 Å². The predicted molar refractivity (Wildman–Crippen MR) is 92.0 cm³/mol. The molecule has 0 N–H and O–H groups in total. The average Bonchev–Trinajstić information content (AvgIpc) is 2.84. The molecule has 0 fully saturated rings. The Balaban J connectivity index is 2.22. The molecule has 0 amide bonds. The van der Waals surface area contributed by atoms with Crippen molar-refractivity contribution in [3.8, 4) is 22.9 Å². The molecule has 0 saturated heterocycles. The summed E-state index contributed by atoms with van der Waals surface area (Å²) in [5.41, 5.74) is 2.67. The maximum Gasteiger partial charge on any atom is 0.161 e. The van der Waals surface area contributed by atoms with E-state index in [1.165, 1.54) is 0 Å². The molecule has 3 aromatic rings. The Kier molecular flexibility index (Phi) is 4.02. The van der Waals surface area contributed by atoms with Crippen LogP contribution < -0.4 is 9.47 Å². The van der Waals surface area contributed by atoms with Crippen molar-refractivity contribution in [2.24, 2.45) is 7.05 Å². The Morgan fingerprint density at radius 1 is 1.09 bits per heavy atom. The Labute approximate surface area is 141 Å². The number of fused-ring (bicyclic) bond motifs is 1. The molecule has 0 aliphatic heterocycles. The zero-order chi connectivity index (χ0) is 15.9. The van der Waals surface area contributed by atoms with Crippen LogP contribution in [0, 0.1) is 0 Å². The third kappa shape index (κ3) is 2.44. The monoisotopic (exact) mass is 380 g/mol. The lowest BCUT2D eigenvalue weighted by atomic mass is 10.2. The summed E-state index contributed by atoms with van der Waals surface area (Å²) < 4.78 is 13.6. The van der Waals surface area contributed by atoms with Crippen LogP contribution in [0.25, 0.3) is 22.4 Å². The highest BCUT2D eigenvalue weighted by atomic mass is 79.9. The number of aromatic nitrogens is 2. The Morgan fingerprint density at radius 3 is 2.50 bits per heavy atom. The van der Waals surface area contributed by atoms with Crippen molar-refractivity contribution >= 4 is 38.6 Å². The number of benzene rings is 2. The molecule has 22 heavy (non-hydrogen) atoms. The molecule has 1 aromatic heterocycles. The van der Waals surface area contributed by atoms with Gasteiger partial charge in [-0.05, 0) is 30.3 Å². The lowest BCUT2D eigenvalue weighted by molar-refractivity contribution is 0.355. The summed E-state index contributed by atoms with van der Waals surface area (Å²) in [6, 6.07) is 9.56. The van der Waals surface area contributed by atoms with Crippen molar-refractivity contribution in [2.45, 2.75) is 0 Å². The summed E-state index contributed by atoms with van der Waals surface area (Å²) in [7, 11) is 5.19. The number of imidazole rings is 1. The van der Waals surface area contributed by atoms with E-state index in [1.807, 2.05) is 41.9 Å². The molecule has 1 heterocycles. The zero-order valence-corrected chi connectivity index (χ0v) is 14.7. The Bertz CT molecular complexity index is 861. The SMILES string of the molecule is COc1ccc(-c2nc3c(Cl)cc(Br)cc3n2C)cc1OC. The van der Waals surface area contributed by atoms with Gasteiger partial charge >= 0.3 is 0 Å². The second-order valence-electron chi connectivity index (χ2n) is 4.82. The molecule has 4 nitrogen and oxygen atoms in total. The normalized spacial score (nSPS) is 11.0. The molecule has 3 rings (SSSR count). The van der Waals surface area contributed by atoms with Crippen molar-refractivity contribution in [2.75, 3.05) is 14.2 Å². The highest BCUT2D eigenvalue weighted by molar-refractivity contribution is 9.10. The molecule has 0 unspecified atom stereocenters. The van der Waals surface area contributed by atoms with Crippen molar-refractivity contribution in [3.05, 3.63) is 39.8 Å². The van der Waals surface area contributed by atoms with Crippen molar-refractivity contribution < 1.29 is 9.47 Å². The van der Waals surface area contributed by atoms with Crippen LogP contribution in [0.2, 0.25) is 5.02 Å². The number of hydrogen-bond donors (Lipinski definition) is 0. The van der Waals surface area contributed by atoms with E-state index in [0.29, 0.717) is 16.5 Å². The van der Waals surface area contributed by atoms with Crippen LogP contribution in [0.3, 0.4) is 0 Å². The molecule has 0 atom stereocenters. The fourth-order valence-electron chi connectivity index (χ4n) is 2.45. The van der Waals surface area contributed by atoms with Crippen LogP contribution in [0.1, 0.15) is 0 Å². The quantitative estimate of drug-likeness (QED) is 0.661. The van der Waals surface area contributed by atoms with E-state index in [-0.39, 0.29) is 0 Å². The van der Waals surface area contributed by atoms with Gasteiger partial charge in [0.05, 0.1) is 24.8 Å². The van der Waals surface area contributed by atoms with Gasteiger partial charge in [0.15, 0.2) is 11.5 Å². The number of aryl methyl sites for hydroxylation is 1. The van der Waals surface area contributed by atoms with E-state index >= 15 is 0 Å². The van der Waals surface area contributed by atoms with Crippen LogP contribution in [0.4, 0.5) is 0 Å². The number of hydrogen-bond acceptors (Lipinski definition) is 3. The first-order valence-corrected chi connectivity index (χ1v) is 7.76. The summed E-state index contributed by atoms with van der Waals surface area (Å²) in [4.78, 5) is 4.67. The maximum absolute atomic E-state index is 6.29. The summed E-state index contributed by atoms with van der Waals surface area (Å²) in [6.07, 6.45) is 0. The van der Waals surface area contributed by atoms with Crippen LogP contribution in [-0.2, 0) is 7.05 Å². The lowest BCUT2D eigenvalue weighted by Gasteiger charge is -2.09. The van der Waals surface area contributed by atoms with Crippen LogP contribution in [-0.4, -0.2) is 23.8 Å². The molecular weight excluding hydrogens is 368 g/mol. The first kappa shape index (κ1) is 15.2. The van der Waals surface area contributed by atoms with Gasteiger partial charge in [0, 0.05) is 17.1 Å². The number of nitrogens with zero attached hydrogens (tertiary/aromatic N) is 2. The van der Waals surface area contributed by atoms with Gasteiger partial charge in [-0.1, -0.05) is 27.5 Å². The molecule has 0 aliphatic carbocycles. The van der Waals surface area contributed by atoms with E-state index in [9.17, 15) is 0 Å². The van der Waals surface area contributed by atoms with Gasteiger partial charge in [0.1, 0.15) is 11.3 Å². The molecule has 0 saturated carbocycles. The van der Waals surface area contributed by atoms with Crippen LogP contribution in [0.15, 0.2) is 34.8 Å². The second kappa shape index (κ2) is 5.82. The fraction of sp³-hybridized carbons (Fsp3) is 0.188. The minimum atomic E-state index is 0.617. The summed E-state index contributed by atoms with van der Waals surface area (Å²) >= 11 is 9.75. The van der Waals surface area contributed by atoms with E-state index in [4.69, 9.17) is 21.1 Å². The van der Waals surface area contributed by atoms with Gasteiger partial charge in [-0.3, -0.25) is 0 Å². The highest BCUT2D eigenvalue weighted by Gasteiger charge is 2.15. The van der Waals surface area contributed by atoms with Crippen LogP contribution >= 0.6 is 27.5 Å². The number of methoxy groups -OCH3 is 2. The molecule has 0 spiro atoms.